The number of hydrogen-bond donors (Lipinski definition) is 3. The predicted octanol–water partition coefficient (Wildman–Crippen LogP) is 2.14. The molecule has 0 aromatic heterocycles. The third-order valence-corrected chi connectivity index (χ3v) is 4.70. The molecule has 0 saturated carbocycles. The number of likely N-dealkylation sites (tertiary alicyclic amines) is 1. The lowest BCUT2D eigenvalue weighted by molar-refractivity contribution is 0.181. The summed E-state index contributed by atoms with van der Waals surface area (Å²) < 4.78 is 0. The number of amides is 2. The van der Waals surface area contributed by atoms with Crippen molar-refractivity contribution in [3.05, 3.63) is 35.4 Å². The van der Waals surface area contributed by atoms with Crippen LogP contribution in [0.25, 0.3) is 0 Å². The number of carbonyl (C=O) groups is 1. The molecule has 0 aliphatic carbocycles. The van der Waals surface area contributed by atoms with Gasteiger partial charge in [0.05, 0.1) is 6.61 Å². The van der Waals surface area contributed by atoms with Crippen LogP contribution in [0.3, 0.4) is 0 Å². The maximum absolute atomic E-state index is 11.9. The van der Waals surface area contributed by atoms with Crippen molar-refractivity contribution in [3.63, 3.8) is 0 Å². The Bertz CT molecular complexity index is 482. The molecule has 1 fully saturated rings. The average Bonchev–Trinajstić information content (AvgIpc) is 2.62. The van der Waals surface area contributed by atoms with E-state index in [0.717, 1.165) is 37.2 Å². The molecular weight excluding hydrogens is 302 g/mol. The highest BCUT2D eigenvalue weighted by Gasteiger charge is 2.18. The zero-order valence-corrected chi connectivity index (χ0v) is 14.8. The van der Waals surface area contributed by atoms with Gasteiger partial charge in [-0.25, -0.2) is 4.79 Å². The second-order valence-electron chi connectivity index (χ2n) is 6.65. The van der Waals surface area contributed by atoms with Gasteiger partial charge in [0, 0.05) is 13.1 Å². The number of nitrogens with one attached hydrogen (secondary N) is 2. The monoisotopic (exact) mass is 333 g/mol. The van der Waals surface area contributed by atoms with Crippen LogP contribution in [0.15, 0.2) is 24.3 Å². The van der Waals surface area contributed by atoms with E-state index in [1.807, 2.05) is 24.3 Å². The lowest BCUT2D eigenvalue weighted by Crippen LogP contribution is -2.42. The van der Waals surface area contributed by atoms with Crippen LogP contribution in [0.5, 0.6) is 0 Å². The molecule has 0 bridgehead atoms. The number of benzene rings is 1. The maximum atomic E-state index is 11.9. The fourth-order valence-corrected chi connectivity index (χ4v) is 3.16. The molecule has 0 atom stereocenters. The highest BCUT2D eigenvalue weighted by atomic mass is 16.3. The van der Waals surface area contributed by atoms with Crippen molar-refractivity contribution in [1.29, 1.82) is 0 Å². The zero-order valence-electron chi connectivity index (χ0n) is 14.8. The normalized spacial score (nSPS) is 16.1. The quantitative estimate of drug-likeness (QED) is 0.683. The van der Waals surface area contributed by atoms with Crippen molar-refractivity contribution in [2.24, 2.45) is 5.92 Å². The molecule has 1 saturated heterocycles. The molecule has 3 N–H and O–H groups in total. The zero-order chi connectivity index (χ0) is 17.2. The van der Waals surface area contributed by atoms with Crippen molar-refractivity contribution in [2.45, 2.75) is 39.2 Å². The fraction of sp³-hybridized carbons (Fsp3) is 0.632. The Morgan fingerprint density at radius 2 is 1.83 bits per heavy atom. The standard InChI is InChI=1S/C19H31N3O2/c1-2-11-22-12-8-17(9-13-22)14-21-19(24)20-10-7-16-3-5-18(15-23)6-4-16/h3-6,17,23H,2,7-15H2,1H3,(H2,20,21,24). The van der Waals surface area contributed by atoms with E-state index < -0.39 is 0 Å². The van der Waals surface area contributed by atoms with Gasteiger partial charge < -0.3 is 20.6 Å². The number of rotatable bonds is 8. The smallest absolute Gasteiger partial charge is 0.314 e. The van der Waals surface area contributed by atoms with Gasteiger partial charge >= 0.3 is 6.03 Å². The number of nitrogens with zero attached hydrogens (tertiary/aromatic N) is 1. The van der Waals surface area contributed by atoms with Crippen molar-refractivity contribution < 1.29 is 9.90 Å². The summed E-state index contributed by atoms with van der Waals surface area (Å²) in [4.78, 5) is 14.4. The average molecular weight is 333 g/mol. The summed E-state index contributed by atoms with van der Waals surface area (Å²) in [6, 6.07) is 7.75. The Hall–Kier alpha value is -1.59. The number of hydrogen-bond acceptors (Lipinski definition) is 3. The first-order valence-electron chi connectivity index (χ1n) is 9.14. The highest BCUT2D eigenvalue weighted by molar-refractivity contribution is 5.73. The molecule has 0 spiro atoms. The second kappa shape index (κ2) is 10.3. The molecule has 134 valence electrons. The van der Waals surface area contributed by atoms with E-state index in [4.69, 9.17) is 5.11 Å². The third-order valence-electron chi connectivity index (χ3n) is 4.70. The Morgan fingerprint density at radius 1 is 1.17 bits per heavy atom. The lowest BCUT2D eigenvalue weighted by atomic mass is 9.97. The Morgan fingerprint density at radius 3 is 2.46 bits per heavy atom. The van der Waals surface area contributed by atoms with E-state index in [-0.39, 0.29) is 12.6 Å². The summed E-state index contributed by atoms with van der Waals surface area (Å²) in [5.74, 6) is 0.606. The van der Waals surface area contributed by atoms with Crippen molar-refractivity contribution in [3.8, 4) is 0 Å². The van der Waals surface area contributed by atoms with Crippen LogP contribution in [-0.4, -0.2) is 48.8 Å². The number of aliphatic hydroxyl groups is 1. The van der Waals surface area contributed by atoms with Gasteiger partial charge in [-0.1, -0.05) is 31.2 Å². The van der Waals surface area contributed by atoms with Crippen molar-refractivity contribution in [1.82, 2.24) is 15.5 Å². The Kier molecular flexibility index (Phi) is 8.05. The van der Waals surface area contributed by atoms with Crippen LogP contribution in [0.1, 0.15) is 37.3 Å². The van der Waals surface area contributed by atoms with Crippen LogP contribution in [-0.2, 0) is 13.0 Å². The van der Waals surface area contributed by atoms with Crippen LogP contribution in [0, 0.1) is 5.92 Å². The lowest BCUT2D eigenvalue weighted by Gasteiger charge is -2.31. The molecule has 5 heteroatoms. The minimum Gasteiger partial charge on any atom is -0.392 e. The summed E-state index contributed by atoms with van der Waals surface area (Å²) in [5, 5.41) is 14.9. The summed E-state index contributed by atoms with van der Waals surface area (Å²) in [6.45, 7) is 7.20. The molecular formula is C19H31N3O2. The summed E-state index contributed by atoms with van der Waals surface area (Å²) in [5.41, 5.74) is 2.07. The summed E-state index contributed by atoms with van der Waals surface area (Å²) in [7, 11) is 0. The highest BCUT2D eigenvalue weighted by Crippen LogP contribution is 2.16. The minimum absolute atomic E-state index is 0.0678. The second-order valence-corrected chi connectivity index (χ2v) is 6.65. The first-order valence-corrected chi connectivity index (χ1v) is 9.14. The van der Waals surface area contributed by atoms with Crippen LogP contribution < -0.4 is 10.6 Å². The van der Waals surface area contributed by atoms with E-state index in [1.165, 1.54) is 25.8 Å². The molecule has 1 aromatic rings. The van der Waals surface area contributed by atoms with Gasteiger partial charge in [0.1, 0.15) is 0 Å². The first-order chi connectivity index (χ1) is 11.7. The van der Waals surface area contributed by atoms with Crippen LogP contribution in [0.2, 0.25) is 0 Å². The number of piperidine rings is 1. The summed E-state index contributed by atoms with van der Waals surface area (Å²) >= 11 is 0. The Labute approximate surface area is 145 Å². The number of carbonyl (C=O) groups excluding carboxylic acids is 1. The van der Waals surface area contributed by atoms with Gasteiger partial charge in [0.15, 0.2) is 0 Å². The molecule has 1 aromatic carbocycles. The molecule has 2 amide bonds. The number of aliphatic hydroxyl groups excluding tert-OH is 1. The van der Waals surface area contributed by atoms with Crippen molar-refractivity contribution >= 4 is 6.03 Å². The fourth-order valence-electron chi connectivity index (χ4n) is 3.16. The van der Waals surface area contributed by atoms with Gasteiger partial charge in [0.25, 0.3) is 0 Å². The van der Waals surface area contributed by atoms with E-state index >= 15 is 0 Å². The van der Waals surface area contributed by atoms with Gasteiger partial charge in [0.2, 0.25) is 0 Å². The molecule has 0 unspecified atom stereocenters. The van der Waals surface area contributed by atoms with E-state index in [9.17, 15) is 4.79 Å². The molecule has 1 aliphatic rings. The predicted molar refractivity (Wildman–Crippen MR) is 96.9 cm³/mol. The molecule has 2 rings (SSSR count). The largest absolute Gasteiger partial charge is 0.392 e. The Balaban J connectivity index is 1.56. The van der Waals surface area contributed by atoms with E-state index in [2.05, 4.69) is 22.5 Å². The van der Waals surface area contributed by atoms with E-state index in [1.54, 1.807) is 0 Å². The minimum atomic E-state index is -0.0713. The molecule has 1 heterocycles. The summed E-state index contributed by atoms with van der Waals surface area (Å²) in [6.07, 6.45) is 4.37. The maximum Gasteiger partial charge on any atom is 0.314 e. The van der Waals surface area contributed by atoms with Gasteiger partial charge in [-0.05, 0) is 62.4 Å². The number of urea groups is 1. The molecule has 5 nitrogen and oxygen atoms in total. The van der Waals surface area contributed by atoms with Crippen LogP contribution in [0.4, 0.5) is 4.79 Å². The van der Waals surface area contributed by atoms with E-state index in [0.29, 0.717) is 12.5 Å². The van der Waals surface area contributed by atoms with Gasteiger partial charge in [-0.15, -0.1) is 0 Å². The van der Waals surface area contributed by atoms with Crippen LogP contribution >= 0.6 is 0 Å². The topological polar surface area (TPSA) is 64.6 Å². The van der Waals surface area contributed by atoms with Gasteiger partial charge in [-0.3, -0.25) is 0 Å². The first kappa shape index (κ1) is 18.7. The molecule has 24 heavy (non-hydrogen) atoms. The molecule has 0 radical (unpaired) electrons. The van der Waals surface area contributed by atoms with Crippen molar-refractivity contribution in [2.75, 3.05) is 32.7 Å². The SMILES string of the molecule is CCCN1CCC(CNC(=O)NCCc2ccc(CO)cc2)CC1. The third kappa shape index (κ3) is 6.49. The molecule has 1 aliphatic heterocycles. The van der Waals surface area contributed by atoms with Gasteiger partial charge in [-0.2, -0.15) is 0 Å².